The van der Waals surface area contributed by atoms with E-state index in [0.29, 0.717) is 36.3 Å². The van der Waals surface area contributed by atoms with E-state index in [4.69, 9.17) is 9.26 Å². The molecule has 0 aromatic carbocycles. The Balaban J connectivity index is 1.69. The van der Waals surface area contributed by atoms with Crippen LogP contribution in [0.2, 0.25) is 0 Å². The molecule has 1 unspecified atom stereocenters. The summed E-state index contributed by atoms with van der Waals surface area (Å²) >= 11 is 0. The van der Waals surface area contributed by atoms with Crippen LogP contribution in [0.15, 0.2) is 22.9 Å². The van der Waals surface area contributed by atoms with Gasteiger partial charge in [0.15, 0.2) is 5.82 Å². The molecule has 8 heteroatoms. The van der Waals surface area contributed by atoms with Crippen LogP contribution in [0.25, 0.3) is 11.5 Å². The lowest BCUT2D eigenvalue weighted by atomic mass is 9.96. The van der Waals surface area contributed by atoms with E-state index in [1.165, 1.54) is 0 Å². The molecule has 1 amide bonds. The Labute approximate surface area is 140 Å². The molecule has 0 saturated carbocycles. The van der Waals surface area contributed by atoms with Crippen LogP contribution in [0.1, 0.15) is 32.6 Å². The van der Waals surface area contributed by atoms with E-state index in [1.54, 1.807) is 18.3 Å². The van der Waals surface area contributed by atoms with Crippen LogP contribution in [0, 0.1) is 5.41 Å². The molecular weight excluding hydrogens is 310 g/mol. The number of carbonyl (C=O) groups is 1. The van der Waals surface area contributed by atoms with Gasteiger partial charge in [0.1, 0.15) is 5.82 Å². The Morgan fingerprint density at radius 1 is 1.38 bits per heavy atom. The molecule has 2 N–H and O–H groups in total. The van der Waals surface area contributed by atoms with Gasteiger partial charge in [-0.2, -0.15) is 4.98 Å². The third kappa shape index (κ3) is 3.77. The summed E-state index contributed by atoms with van der Waals surface area (Å²) in [4.78, 5) is 20.6. The van der Waals surface area contributed by atoms with Crippen LogP contribution in [0.3, 0.4) is 0 Å². The van der Waals surface area contributed by atoms with E-state index in [2.05, 4.69) is 25.8 Å². The number of nitrogens with one attached hydrogen (secondary N) is 2. The quantitative estimate of drug-likeness (QED) is 0.883. The molecule has 1 aliphatic rings. The number of amides is 1. The van der Waals surface area contributed by atoms with Gasteiger partial charge in [-0.3, -0.25) is 4.79 Å². The first-order valence-electron chi connectivity index (χ1n) is 7.86. The number of aromatic nitrogens is 3. The van der Waals surface area contributed by atoms with Gasteiger partial charge < -0.3 is 19.9 Å². The summed E-state index contributed by atoms with van der Waals surface area (Å²) in [6, 6.07) is 3.44. The number of hydrogen-bond acceptors (Lipinski definition) is 7. The highest BCUT2D eigenvalue weighted by atomic mass is 16.5. The zero-order valence-electron chi connectivity index (χ0n) is 14.0. The van der Waals surface area contributed by atoms with Crippen molar-refractivity contribution in [1.82, 2.24) is 20.4 Å². The molecule has 3 rings (SSSR count). The number of morpholine rings is 1. The SMILES string of the molecule is CC(C)(C)C(=O)Nc1ccc(-c2nc(C3COCCN3)no2)cn1. The van der Waals surface area contributed by atoms with Crippen LogP contribution in [-0.2, 0) is 9.53 Å². The molecule has 8 nitrogen and oxygen atoms in total. The number of rotatable bonds is 3. The summed E-state index contributed by atoms with van der Waals surface area (Å²) in [6.45, 7) is 7.51. The van der Waals surface area contributed by atoms with Crippen molar-refractivity contribution >= 4 is 11.7 Å². The zero-order chi connectivity index (χ0) is 17.2. The van der Waals surface area contributed by atoms with Crippen molar-refractivity contribution in [3.05, 3.63) is 24.2 Å². The predicted molar refractivity (Wildman–Crippen MR) is 87.2 cm³/mol. The maximum absolute atomic E-state index is 12.0. The van der Waals surface area contributed by atoms with Crippen molar-refractivity contribution in [2.75, 3.05) is 25.1 Å². The second-order valence-electron chi connectivity index (χ2n) is 6.68. The second kappa shape index (κ2) is 6.66. The van der Waals surface area contributed by atoms with Gasteiger partial charge in [0.2, 0.25) is 5.91 Å². The fourth-order valence-corrected chi connectivity index (χ4v) is 2.12. The monoisotopic (exact) mass is 331 g/mol. The number of pyridine rings is 1. The maximum atomic E-state index is 12.0. The Morgan fingerprint density at radius 3 is 2.83 bits per heavy atom. The van der Waals surface area contributed by atoms with E-state index < -0.39 is 5.41 Å². The Hall–Kier alpha value is -2.32. The van der Waals surface area contributed by atoms with E-state index in [9.17, 15) is 4.79 Å². The largest absolute Gasteiger partial charge is 0.378 e. The number of anilines is 1. The predicted octanol–water partition coefficient (Wildman–Crippen LogP) is 1.78. The van der Waals surface area contributed by atoms with Crippen molar-refractivity contribution in [1.29, 1.82) is 0 Å². The van der Waals surface area contributed by atoms with Gasteiger partial charge in [-0.1, -0.05) is 25.9 Å². The van der Waals surface area contributed by atoms with Gasteiger partial charge in [-0.15, -0.1) is 0 Å². The third-order valence-electron chi connectivity index (χ3n) is 3.61. The first kappa shape index (κ1) is 16.5. The van der Waals surface area contributed by atoms with E-state index in [-0.39, 0.29) is 11.9 Å². The fourth-order valence-electron chi connectivity index (χ4n) is 2.12. The molecule has 1 atom stereocenters. The number of hydrogen-bond donors (Lipinski definition) is 2. The maximum Gasteiger partial charge on any atom is 0.259 e. The van der Waals surface area contributed by atoms with E-state index in [0.717, 1.165) is 6.54 Å². The highest BCUT2D eigenvalue weighted by molar-refractivity contribution is 5.93. The Bertz CT molecular complexity index is 699. The summed E-state index contributed by atoms with van der Waals surface area (Å²) in [7, 11) is 0. The molecule has 0 aliphatic carbocycles. The van der Waals surface area contributed by atoms with Gasteiger partial charge in [0, 0.05) is 18.2 Å². The average molecular weight is 331 g/mol. The van der Waals surface area contributed by atoms with Crippen LogP contribution in [-0.4, -0.2) is 40.8 Å². The van der Waals surface area contributed by atoms with Gasteiger partial charge >= 0.3 is 0 Å². The fraction of sp³-hybridized carbons (Fsp3) is 0.500. The highest BCUT2D eigenvalue weighted by Crippen LogP contribution is 2.22. The van der Waals surface area contributed by atoms with Crippen molar-refractivity contribution in [3.8, 4) is 11.5 Å². The number of carbonyl (C=O) groups excluding carboxylic acids is 1. The Morgan fingerprint density at radius 2 is 2.21 bits per heavy atom. The van der Waals surface area contributed by atoms with Crippen LogP contribution < -0.4 is 10.6 Å². The minimum absolute atomic E-state index is 0.0606. The lowest BCUT2D eigenvalue weighted by Crippen LogP contribution is -2.35. The lowest BCUT2D eigenvalue weighted by molar-refractivity contribution is -0.123. The molecule has 0 bridgehead atoms. The summed E-state index contributed by atoms with van der Waals surface area (Å²) < 4.78 is 10.7. The van der Waals surface area contributed by atoms with Crippen LogP contribution >= 0.6 is 0 Å². The normalized spacial score (nSPS) is 18.4. The number of ether oxygens (including phenoxy) is 1. The molecule has 24 heavy (non-hydrogen) atoms. The van der Waals surface area contributed by atoms with Gasteiger partial charge in [-0.05, 0) is 12.1 Å². The van der Waals surface area contributed by atoms with Crippen LogP contribution in [0.5, 0.6) is 0 Å². The van der Waals surface area contributed by atoms with Crippen LogP contribution in [0.4, 0.5) is 5.82 Å². The van der Waals surface area contributed by atoms with E-state index in [1.807, 2.05) is 20.8 Å². The average Bonchev–Trinajstić information content (AvgIpc) is 3.05. The highest BCUT2D eigenvalue weighted by Gasteiger charge is 2.23. The zero-order valence-corrected chi connectivity index (χ0v) is 14.0. The minimum Gasteiger partial charge on any atom is -0.378 e. The van der Waals surface area contributed by atoms with Crippen molar-refractivity contribution in [3.63, 3.8) is 0 Å². The smallest absolute Gasteiger partial charge is 0.259 e. The number of nitrogens with zero attached hydrogens (tertiary/aromatic N) is 3. The van der Waals surface area contributed by atoms with Crippen molar-refractivity contribution in [2.45, 2.75) is 26.8 Å². The third-order valence-corrected chi connectivity index (χ3v) is 3.61. The summed E-state index contributed by atoms with van der Waals surface area (Å²) in [5, 5.41) is 10.0. The molecular formula is C16H21N5O3. The molecule has 2 aromatic heterocycles. The first-order valence-corrected chi connectivity index (χ1v) is 7.86. The summed E-state index contributed by atoms with van der Waals surface area (Å²) in [5.74, 6) is 1.35. The van der Waals surface area contributed by atoms with Gasteiger partial charge in [0.05, 0.1) is 24.8 Å². The molecule has 2 aromatic rings. The molecule has 1 saturated heterocycles. The molecule has 1 fully saturated rings. The van der Waals surface area contributed by atoms with Gasteiger partial charge in [0.25, 0.3) is 5.89 Å². The van der Waals surface area contributed by atoms with E-state index >= 15 is 0 Å². The molecule has 1 aliphatic heterocycles. The summed E-state index contributed by atoms with van der Waals surface area (Å²) in [6.07, 6.45) is 1.60. The topological polar surface area (TPSA) is 102 Å². The van der Waals surface area contributed by atoms with Crippen molar-refractivity contribution < 1.29 is 14.1 Å². The lowest BCUT2D eigenvalue weighted by Gasteiger charge is -2.20. The molecule has 0 spiro atoms. The van der Waals surface area contributed by atoms with Crippen molar-refractivity contribution in [2.24, 2.45) is 5.41 Å². The molecule has 3 heterocycles. The summed E-state index contributed by atoms with van der Waals surface area (Å²) in [5.41, 5.74) is 0.218. The minimum atomic E-state index is -0.475. The first-order chi connectivity index (χ1) is 11.4. The molecule has 128 valence electrons. The molecule has 0 radical (unpaired) electrons. The van der Waals surface area contributed by atoms with Gasteiger partial charge in [-0.25, -0.2) is 4.98 Å². The standard InChI is InChI=1S/C16H21N5O3/c1-16(2,3)15(22)19-12-5-4-10(8-18-12)14-20-13(21-24-14)11-9-23-7-6-17-11/h4-5,8,11,17H,6-7,9H2,1-3H3,(H,18,19,22). The second-order valence-corrected chi connectivity index (χ2v) is 6.68. The Kier molecular flexibility index (Phi) is 4.59.